The average molecular weight is 206 g/mol. The predicted octanol–water partition coefficient (Wildman–Crippen LogP) is 2.32. The fraction of sp³-hybridized carbons (Fsp3) is 0.417. The zero-order valence-corrected chi connectivity index (χ0v) is 9.55. The zero-order chi connectivity index (χ0) is 11.4. The minimum absolute atomic E-state index is 0.165. The Labute approximate surface area is 90.8 Å². The molecule has 1 aromatic carbocycles. The number of ether oxygens (including phenoxy) is 1. The Bertz CT molecular complexity index is 372. The largest absolute Gasteiger partial charge is 0.493 e. The van der Waals surface area contributed by atoms with E-state index in [-0.39, 0.29) is 5.84 Å². The van der Waals surface area contributed by atoms with Crippen molar-refractivity contribution in [2.45, 2.75) is 27.2 Å². The molecule has 82 valence electrons. The number of hydrogen-bond acceptors (Lipinski definition) is 2. The molecule has 0 saturated carbocycles. The molecule has 0 saturated heterocycles. The minimum Gasteiger partial charge on any atom is -0.493 e. The van der Waals surface area contributed by atoms with Crippen LogP contribution < -0.4 is 10.5 Å². The number of benzene rings is 1. The molecule has 0 fully saturated rings. The van der Waals surface area contributed by atoms with Gasteiger partial charge in [-0.2, -0.15) is 0 Å². The van der Waals surface area contributed by atoms with Crippen LogP contribution >= 0.6 is 0 Å². The van der Waals surface area contributed by atoms with E-state index in [2.05, 4.69) is 13.0 Å². The van der Waals surface area contributed by atoms with Gasteiger partial charge in [0.1, 0.15) is 5.75 Å². The van der Waals surface area contributed by atoms with Gasteiger partial charge in [-0.1, -0.05) is 12.1 Å². The Hall–Kier alpha value is -1.51. The van der Waals surface area contributed by atoms with Gasteiger partial charge in [0.2, 0.25) is 0 Å². The molecule has 0 bridgehead atoms. The molecule has 0 aromatic heterocycles. The van der Waals surface area contributed by atoms with Crippen molar-refractivity contribution in [1.82, 2.24) is 0 Å². The maximum Gasteiger partial charge on any atom is 0.125 e. The van der Waals surface area contributed by atoms with Gasteiger partial charge < -0.3 is 10.5 Å². The van der Waals surface area contributed by atoms with Crippen LogP contribution in [0, 0.1) is 26.2 Å². The Morgan fingerprint density at radius 2 is 1.87 bits per heavy atom. The number of amidine groups is 1. The summed E-state index contributed by atoms with van der Waals surface area (Å²) in [5.41, 5.74) is 8.78. The zero-order valence-electron chi connectivity index (χ0n) is 9.55. The molecule has 3 nitrogen and oxygen atoms in total. The molecule has 3 heteroatoms. The molecule has 0 unspecified atom stereocenters. The highest BCUT2D eigenvalue weighted by Gasteiger charge is 2.05. The molecule has 0 amide bonds. The topological polar surface area (TPSA) is 59.1 Å². The fourth-order valence-corrected chi connectivity index (χ4v) is 1.41. The highest BCUT2D eigenvalue weighted by Crippen LogP contribution is 2.25. The van der Waals surface area contributed by atoms with Gasteiger partial charge in [-0.15, -0.1) is 0 Å². The summed E-state index contributed by atoms with van der Waals surface area (Å²) in [6, 6.07) is 4.13. The summed E-state index contributed by atoms with van der Waals surface area (Å²) in [6.45, 7) is 6.61. The van der Waals surface area contributed by atoms with Crippen LogP contribution in [-0.2, 0) is 0 Å². The number of rotatable bonds is 4. The van der Waals surface area contributed by atoms with Crippen molar-refractivity contribution in [3.8, 4) is 5.75 Å². The second-order valence-corrected chi connectivity index (χ2v) is 3.78. The molecule has 0 atom stereocenters. The van der Waals surface area contributed by atoms with E-state index in [0.717, 1.165) is 11.3 Å². The van der Waals surface area contributed by atoms with Crippen LogP contribution in [0.5, 0.6) is 5.75 Å². The van der Waals surface area contributed by atoms with Crippen LogP contribution in [0.25, 0.3) is 0 Å². The lowest BCUT2D eigenvalue weighted by Crippen LogP contribution is -2.14. The Balaban J connectivity index is 2.75. The van der Waals surface area contributed by atoms with E-state index >= 15 is 0 Å². The highest BCUT2D eigenvalue weighted by atomic mass is 16.5. The Morgan fingerprint density at radius 1 is 1.27 bits per heavy atom. The summed E-state index contributed by atoms with van der Waals surface area (Å²) in [5, 5.41) is 7.11. The van der Waals surface area contributed by atoms with Gasteiger partial charge in [0, 0.05) is 6.42 Å². The second-order valence-electron chi connectivity index (χ2n) is 3.78. The fourth-order valence-electron chi connectivity index (χ4n) is 1.41. The van der Waals surface area contributed by atoms with Gasteiger partial charge >= 0.3 is 0 Å². The SMILES string of the molecule is Cc1ccc(C)c(OCCC(=N)N)c1C. The van der Waals surface area contributed by atoms with E-state index < -0.39 is 0 Å². The van der Waals surface area contributed by atoms with Crippen LogP contribution in [0.3, 0.4) is 0 Å². The normalized spacial score (nSPS) is 10.1. The monoisotopic (exact) mass is 206 g/mol. The lowest BCUT2D eigenvalue weighted by molar-refractivity contribution is 0.324. The van der Waals surface area contributed by atoms with Gasteiger partial charge in [0.05, 0.1) is 12.4 Å². The third-order valence-electron chi connectivity index (χ3n) is 2.49. The minimum atomic E-state index is 0.165. The van der Waals surface area contributed by atoms with Crippen molar-refractivity contribution in [1.29, 1.82) is 5.41 Å². The third kappa shape index (κ3) is 2.98. The number of hydrogen-bond donors (Lipinski definition) is 2. The lowest BCUT2D eigenvalue weighted by Gasteiger charge is -2.13. The molecule has 3 N–H and O–H groups in total. The first-order chi connectivity index (χ1) is 7.02. The van der Waals surface area contributed by atoms with Crippen molar-refractivity contribution in [2.24, 2.45) is 5.73 Å². The van der Waals surface area contributed by atoms with Crippen molar-refractivity contribution in [2.75, 3.05) is 6.61 Å². The maximum atomic E-state index is 7.11. The van der Waals surface area contributed by atoms with Gasteiger partial charge in [-0.25, -0.2) is 0 Å². The van der Waals surface area contributed by atoms with E-state index in [0.29, 0.717) is 13.0 Å². The smallest absolute Gasteiger partial charge is 0.125 e. The molecule has 0 radical (unpaired) electrons. The quantitative estimate of drug-likeness (QED) is 0.586. The standard InChI is InChI=1S/C12H18N2O/c1-8-4-5-9(2)12(10(8)3)15-7-6-11(13)14/h4-5H,6-7H2,1-3H3,(H3,13,14). The van der Waals surface area contributed by atoms with E-state index in [1.807, 2.05) is 19.9 Å². The summed E-state index contributed by atoms with van der Waals surface area (Å²) in [4.78, 5) is 0. The van der Waals surface area contributed by atoms with Gasteiger partial charge in [-0.05, 0) is 37.5 Å². The van der Waals surface area contributed by atoms with Crippen LogP contribution in [0.2, 0.25) is 0 Å². The van der Waals surface area contributed by atoms with E-state index in [1.165, 1.54) is 11.1 Å². The molecule has 0 spiro atoms. The first-order valence-electron chi connectivity index (χ1n) is 5.05. The Kier molecular flexibility index (Phi) is 3.72. The summed E-state index contributed by atoms with van der Waals surface area (Å²) in [6.07, 6.45) is 0.479. The summed E-state index contributed by atoms with van der Waals surface area (Å²) >= 11 is 0. The van der Waals surface area contributed by atoms with Gasteiger partial charge in [-0.3, -0.25) is 5.41 Å². The summed E-state index contributed by atoms with van der Waals surface area (Å²) in [7, 11) is 0. The van der Waals surface area contributed by atoms with Crippen molar-refractivity contribution >= 4 is 5.84 Å². The average Bonchev–Trinajstić information content (AvgIpc) is 2.17. The molecular weight excluding hydrogens is 188 g/mol. The maximum absolute atomic E-state index is 7.11. The van der Waals surface area contributed by atoms with Crippen molar-refractivity contribution in [3.05, 3.63) is 28.8 Å². The number of nitrogens with one attached hydrogen (secondary N) is 1. The Morgan fingerprint density at radius 3 is 2.47 bits per heavy atom. The second kappa shape index (κ2) is 4.82. The molecule has 15 heavy (non-hydrogen) atoms. The van der Waals surface area contributed by atoms with Crippen LogP contribution in [0.15, 0.2) is 12.1 Å². The first-order valence-corrected chi connectivity index (χ1v) is 5.05. The highest BCUT2D eigenvalue weighted by molar-refractivity contribution is 5.76. The van der Waals surface area contributed by atoms with E-state index in [1.54, 1.807) is 0 Å². The third-order valence-corrected chi connectivity index (χ3v) is 2.49. The number of aryl methyl sites for hydroxylation is 2. The van der Waals surface area contributed by atoms with E-state index in [4.69, 9.17) is 15.9 Å². The molecule has 0 aliphatic carbocycles. The predicted molar refractivity (Wildman–Crippen MR) is 62.7 cm³/mol. The summed E-state index contributed by atoms with van der Waals surface area (Å²) < 4.78 is 5.64. The molecule has 0 heterocycles. The summed E-state index contributed by atoms with van der Waals surface area (Å²) in [5.74, 6) is 1.09. The van der Waals surface area contributed by atoms with Crippen LogP contribution in [-0.4, -0.2) is 12.4 Å². The first kappa shape index (κ1) is 11.6. The van der Waals surface area contributed by atoms with Gasteiger partial charge in [0.15, 0.2) is 0 Å². The molecule has 1 aromatic rings. The van der Waals surface area contributed by atoms with E-state index in [9.17, 15) is 0 Å². The number of nitrogens with two attached hydrogens (primary N) is 1. The lowest BCUT2D eigenvalue weighted by atomic mass is 10.1. The molecule has 0 aliphatic rings. The van der Waals surface area contributed by atoms with Crippen molar-refractivity contribution < 1.29 is 4.74 Å². The molecule has 0 aliphatic heterocycles. The van der Waals surface area contributed by atoms with Crippen LogP contribution in [0.1, 0.15) is 23.1 Å². The molecular formula is C12H18N2O. The van der Waals surface area contributed by atoms with Crippen molar-refractivity contribution in [3.63, 3.8) is 0 Å². The molecule has 1 rings (SSSR count). The van der Waals surface area contributed by atoms with Gasteiger partial charge in [0.25, 0.3) is 0 Å². The van der Waals surface area contributed by atoms with Crippen LogP contribution in [0.4, 0.5) is 0 Å².